The van der Waals surface area contributed by atoms with Gasteiger partial charge >= 0.3 is 0 Å². The summed E-state index contributed by atoms with van der Waals surface area (Å²) in [5.41, 5.74) is 10.2. The average molecular weight is 629 g/mol. The first-order valence-corrected chi connectivity index (χ1v) is 17.0. The molecule has 0 saturated heterocycles. The molecule has 2 unspecified atom stereocenters. The number of nitrogens with zero attached hydrogens (tertiary/aromatic N) is 2. The van der Waals surface area contributed by atoms with Crippen LogP contribution in [0, 0.1) is 5.41 Å². The molecule has 6 aromatic carbocycles. The van der Waals surface area contributed by atoms with Gasteiger partial charge in [-0.05, 0) is 58.7 Å². The summed E-state index contributed by atoms with van der Waals surface area (Å²) < 4.78 is 6.71. The average Bonchev–Trinajstić information content (AvgIpc) is 3.63. The minimum Gasteiger partial charge on any atom is -0.456 e. The van der Waals surface area contributed by atoms with Crippen LogP contribution in [0.4, 0.5) is 0 Å². The number of fused-ring (bicyclic) bond motifs is 7. The summed E-state index contributed by atoms with van der Waals surface area (Å²) >= 11 is 0. The van der Waals surface area contributed by atoms with Crippen LogP contribution in [-0.2, 0) is 5.41 Å². The molecule has 2 aliphatic carbocycles. The van der Waals surface area contributed by atoms with E-state index in [2.05, 4.69) is 159 Å². The highest BCUT2D eigenvalue weighted by atomic mass is 16.3. The van der Waals surface area contributed by atoms with Crippen LogP contribution < -0.4 is 0 Å². The van der Waals surface area contributed by atoms with Gasteiger partial charge in [0, 0.05) is 38.6 Å². The maximum Gasteiger partial charge on any atom is 0.160 e. The summed E-state index contributed by atoms with van der Waals surface area (Å²) in [5, 5.41) is 3.23. The van der Waals surface area contributed by atoms with Crippen molar-refractivity contribution in [3.8, 4) is 22.6 Å². The van der Waals surface area contributed by atoms with Gasteiger partial charge in [0.2, 0.25) is 0 Å². The van der Waals surface area contributed by atoms with Gasteiger partial charge in [-0.15, -0.1) is 0 Å². The van der Waals surface area contributed by atoms with Crippen molar-refractivity contribution in [3.63, 3.8) is 0 Å². The van der Waals surface area contributed by atoms with Crippen LogP contribution in [0.25, 0.3) is 55.5 Å². The smallest absolute Gasteiger partial charge is 0.160 e. The Kier molecular flexibility index (Phi) is 5.98. The zero-order chi connectivity index (χ0) is 32.6. The molecule has 2 heterocycles. The van der Waals surface area contributed by atoms with Gasteiger partial charge in [0.05, 0.1) is 16.6 Å². The first kappa shape index (κ1) is 28.0. The molecule has 0 aliphatic heterocycles. The molecule has 8 aromatic rings. The van der Waals surface area contributed by atoms with Gasteiger partial charge < -0.3 is 4.42 Å². The van der Waals surface area contributed by atoms with Gasteiger partial charge in [-0.25, -0.2) is 9.97 Å². The topological polar surface area (TPSA) is 38.9 Å². The number of hydrogen-bond acceptors (Lipinski definition) is 3. The third-order valence-corrected chi connectivity index (χ3v) is 11.0. The Hall–Kier alpha value is -6.06. The van der Waals surface area contributed by atoms with Crippen molar-refractivity contribution in [3.05, 3.63) is 192 Å². The van der Waals surface area contributed by atoms with Crippen LogP contribution in [-0.4, -0.2) is 9.97 Å². The van der Waals surface area contributed by atoms with Gasteiger partial charge in [-0.2, -0.15) is 0 Å². The zero-order valence-corrected chi connectivity index (χ0v) is 27.0. The van der Waals surface area contributed by atoms with Crippen molar-refractivity contribution in [1.29, 1.82) is 0 Å². The van der Waals surface area contributed by atoms with Gasteiger partial charge in [0.1, 0.15) is 11.2 Å². The fraction of sp³-hybridized carbons (Fsp3) is 0.0870. The summed E-state index contributed by atoms with van der Waals surface area (Å²) in [6.45, 7) is 2.43. The lowest BCUT2D eigenvalue weighted by Crippen LogP contribution is -2.43. The second-order valence-electron chi connectivity index (χ2n) is 13.5. The minimum atomic E-state index is -0.415. The number of furan rings is 1. The molecular formula is C46H32N2O. The number of benzene rings is 6. The highest BCUT2D eigenvalue weighted by Gasteiger charge is 2.60. The van der Waals surface area contributed by atoms with E-state index in [1.807, 2.05) is 18.2 Å². The Morgan fingerprint density at radius 3 is 2.00 bits per heavy atom. The monoisotopic (exact) mass is 628 g/mol. The second kappa shape index (κ2) is 10.5. The Balaban J connectivity index is 1.22. The number of aromatic nitrogens is 2. The molecule has 3 heteroatoms. The molecule has 3 nitrogen and oxygen atoms in total. The zero-order valence-electron chi connectivity index (χ0n) is 27.0. The molecule has 0 bridgehead atoms. The van der Waals surface area contributed by atoms with Crippen LogP contribution in [0.5, 0.6) is 0 Å². The maximum absolute atomic E-state index is 6.71. The van der Waals surface area contributed by atoms with Crippen LogP contribution in [0.15, 0.2) is 174 Å². The number of allylic oxidation sites excluding steroid dienone is 4. The van der Waals surface area contributed by atoms with E-state index < -0.39 is 5.41 Å². The van der Waals surface area contributed by atoms with Gasteiger partial charge in [0.15, 0.2) is 5.82 Å². The quantitative estimate of drug-likeness (QED) is 0.195. The van der Waals surface area contributed by atoms with Crippen LogP contribution in [0.2, 0.25) is 0 Å². The Labute approximate surface area is 284 Å². The molecule has 2 aromatic heterocycles. The molecule has 10 rings (SSSR count). The molecule has 2 aliphatic rings. The predicted molar refractivity (Wildman–Crippen MR) is 200 cm³/mol. The molecule has 2 atom stereocenters. The van der Waals surface area contributed by atoms with Crippen LogP contribution in [0.1, 0.15) is 35.1 Å². The van der Waals surface area contributed by atoms with E-state index >= 15 is 0 Å². The lowest BCUT2D eigenvalue weighted by atomic mass is 9.54. The van der Waals surface area contributed by atoms with Gasteiger partial charge in [-0.3, -0.25) is 0 Å². The van der Waals surface area contributed by atoms with Crippen molar-refractivity contribution >= 4 is 32.8 Å². The molecule has 0 fully saturated rings. The lowest BCUT2D eigenvalue weighted by Gasteiger charge is -2.47. The fourth-order valence-electron chi connectivity index (χ4n) is 8.87. The van der Waals surface area contributed by atoms with E-state index in [4.69, 9.17) is 14.4 Å². The van der Waals surface area contributed by atoms with Crippen molar-refractivity contribution in [1.82, 2.24) is 9.97 Å². The largest absolute Gasteiger partial charge is 0.456 e. The van der Waals surface area contributed by atoms with E-state index in [0.717, 1.165) is 49.7 Å². The van der Waals surface area contributed by atoms with Gasteiger partial charge in [-0.1, -0.05) is 140 Å². The summed E-state index contributed by atoms with van der Waals surface area (Å²) in [4.78, 5) is 10.2. The molecular weight excluding hydrogens is 597 g/mol. The molecule has 232 valence electrons. The standard InChI is InChI=1S/C46H32N2O/c1-45-26-14-13-22-38(45)37-28-36-35-27-31(44-47-40-23-12-11-21-34(40)43(48-44)30-15-5-2-6-16-30)24-25-41(35)49-42(36)29-39(37)46(45,32-17-7-3-8-18-32)33-19-9-4-10-20-33/h2-29,38H,1H3. The Morgan fingerprint density at radius 1 is 0.571 bits per heavy atom. The summed E-state index contributed by atoms with van der Waals surface area (Å²) in [5.74, 6) is 0.887. The first-order chi connectivity index (χ1) is 24.1. The Morgan fingerprint density at radius 2 is 1.24 bits per heavy atom. The number of rotatable bonds is 4. The van der Waals surface area contributed by atoms with Crippen LogP contribution in [0.3, 0.4) is 0 Å². The normalized spacial score (nSPS) is 19.0. The molecule has 0 spiro atoms. The molecule has 0 N–H and O–H groups in total. The van der Waals surface area contributed by atoms with Crippen molar-refractivity contribution in [2.45, 2.75) is 18.3 Å². The minimum absolute atomic E-state index is 0.183. The second-order valence-corrected chi connectivity index (χ2v) is 13.5. The molecule has 0 saturated carbocycles. The first-order valence-electron chi connectivity index (χ1n) is 17.0. The number of para-hydroxylation sites is 1. The van der Waals surface area contributed by atoms with Crippen molar-refractivity contribution in [2.24, 2.45) is 5.41 Å². The highest BCUT2D eigenvalue weighted by Crippen LogP contribution is 2.67. The SMILES string of the molecule is CC12C=CC=CC1c1cc3c(cc1C2(c1ccccc1)c1ccccc1)oc1ccc(-c2nc(-c4ccccc4)c4ccccc4n2)cc13. The van der Waals surface area contributed by atoms with Gasteiger partial charge in [0.25, 0.3) is 0 Å². The van der Waals surface area contributed by atoms with Crippen LogP contribution >= 0.6 is 0 Å². The van der Waals surface area contributed by atoms with E-state index in [1.54, 1.807) is 0 Å². The third-order valence-electron chi connectivity index (χ3n) is 11.0. The van der Waals surface area contributed by atoms with E-state index in [0.29, 0.717) is 5.82 Å². The molecule has 49 heavy (non-hydrogen) atoms. The maximum atomic E-state index is 6.71. The fourth-order valence-corrected chi connectivity index (χ4v) is 8.87. The van der Waals surface area contributed by atoms with Crippen molar-refractivity contribution < 1.29 is 4.42 Å². The Bertz CT molecular complexity index is 2580. The van der Waals surface area contributed by atoms with E-state index in [1.165, 1.54) is 22.3 Å². The van der Waals surface area contributed by atoms with Crippen molar-refractivity contribution in [2.75, 3.05) is 0 Å². The summed E-state index contributed by atoms with van der Waals surface area (Å²) in [7, 11) is 0. The van der Waals surface area contributed by atoms with E-state index in [9.17, 15) is 0 Å². The highest BCUT2D eigenvalue weighted by molar-refractivity contribution is 6.07. The molecule has 0 radical (unpaired) electrons. The summed E-state index contributed by atoms with van der Waals surface area (Å²) in [6, 6.07) is 51.8. The molecule has 0 amide bonds. The van der Waals surface area contributed by atoms with E-state index in [-0.39, 0.29) is 11.3 Å². The number of hydrogen-bond donors (Lipinski definition) is 0. The lowest BCUT2D eigenvalue weighted by molar-refractivity contribution is 0.288. The third kappa shape index (κ3) is 3.90. The predicted octanol–water partition coefficient (Wildman–Crippen LogP) is 11.4. The summed E-state index contributed by atoms with van der Waals surface area (Å²) in [6.07, 6.45) is 9.25.